The number of para-hydroxylation sites is 3. The fraction of sp³-hybridized carbons (Fsp3) is 0. The first kappa shape index (κ1) is 24.7. The Balaban J connectivity index is 1.28. The van der Waals surface area contributed by atoms with E-state index in [0.29, 0.717) is 0 Å². The van der Waals surface area contributed by atoms with E-state index < -0.39 is 0 Å². The van der Waals surface area contributed by atoms with Crippen LogP contribution in [-0.4, -0.2) is 9.55 Å². The third kappa shape index (κ3) is 3.82. The number of nitrogens with one attached hydrogen (secondary N) is 1. The minimum Gasteiger partial charge on any atom is -0.354 e. The van der Waals surface area contributed by atoms with Gasteiger partial charge in [0.1, 0.15) is 0 Å². The fourth-order valence-electron chi connectivity index (χ4n) is 6.93. The first-order valence-electron chi connectivity index (χ1n) is 15.1. The van der Waals surface area contributed by atoms with Crippen LogP contribution in [-0.2, 0) is 0 Å². The Bertz CT molecular complexity index is 2490. The zero-order chi connectivity index (χ0) is 29.0. The third-order valence-corrected chi connectivity index (χ3v) is 8.92. The van der Waals surface area contributed by atoms with Gasteiger partial charge in [0.15, 0.2) is 0 Å². The Morgan fingerprint density at radius 1 is 0.386 bits per heavy atom. The molecular weight excluding hydrogens is 532 g/mol. The molecule has 2 aromatic heterocycles. The Morgan fingerprint density at radius 3 is 1.84 bits per heavy atom. The van der Waals surface area contributed by atoms with Crippen molar-refractivity contribution < 1.29 is 0 Å². The molecule has 0 amide bonds. The highest BCUT2D eigenvalue weighted by atomic mass is 15.0. The SMILES string of the molecule is c1ccc(-c2cccc(-c3cccc(-c4ccccc4-n4c5ccccc5c5ccc6[nH]c7ccccc7c6c54)c3)c2)cc1. The van der Waals surface area contributed by atoms with Gasteiger partial charge in [-0.15, -0.1) is 0 Å². The molecule has 0 bridgehead atoms. The summed E-state index contributed by atoms with van der Waals surface area (Å²) in [6.07, 6.45) is 0. The maximum absolute atomic E-state index is 3.67. The number of H-pyrrole nitrogens is 1. The topological polar surface area (TPSA) is 20.7 Å². The van der Waals surface area contributed by atoms with E-state index >= 15 is 0 Å². The van der Waals surface area contributed by atoms with Crippen molar-refractivity contribution >= 4 is 43.6 Å². The van der Waals surface area contributed by atoms with Crippen LogP contribution in [0.3, 0.4) is 0 Å². The fourth-order valence-corrected chi connectivity index (χ4v) is 6.93. The zero-order valence-corrected chi connectivity index (χ0v) is 24.0. The standard InChI is InChI=1S/C42H28N2/c1-2-12-28(13-3-1)29-14-10-15-30(26-29)31-16-11-17-32(27-31)33-18-5-8-22-39(33)44-40-23-9-6-19-34(40)35-24-25-38-41(42(35)44)36-20-4-7-21-37(36)43-38/h1-27,43H. The van der Waals surface area contributed by atoms with Crippen molar-refractivity contribution in [2.45, 2.75) is 0 Å². The number of fused-ring (bicyclic) bond motifs is 7. The van der Waals surface area contributed by atoms with Crippen molar-refractivity contribution in [2.24, 2.45) is 0 Å². The Kier molecular flexibility index (Phi) is 5.54. The summed E-state index contributed by atoms with van der Waals surface area (Å²) in [6.45, 7) is 0. The molecule has 0 unspecified atom stereocenters. The molecule has 44 heavy (non-hydrogen) atoms. The van der Waals surface area contributed by atoms with E-state index in [4.69, 9.17) is 0 Å². The molecule has 0 saturated carbocycles. The van der Waals surface area contributed by atoms with Gasteiger partial charge in [-0.1, -0.05) is 127 Å². The lowest BCUT2D eigenvalue weighted by atomic mass is 9.95. The molecule has 0 radical (unpaired) electrons. The average Bonchev–Trinajstić information content (AvgIpc) is 3.64. The van der Waals surface area contributed by atoms with Crippen LogP contribution in [0.15, 0.2) is 164 Å². The van der Waals surface area contributed by atoms with Gasteiger partial charge in [0.25, 0.3) is 0 Å². The molecule has 9 rings (SSSR count). The van der Waals surface area contributed by atoms with Crippen molar-refractivity contribution in [2.75, 3.05) is 0 Å². The van der Waals surface area contributed by atoms with Crippen LogP contribution in [0.1, 0.15) is 0 Å². The Morgan fingerprint density at radius 2 is 1.00 bits per heavy atom. The lowest BCUT2D eigenvalue weighted by molar-refractivity contribution is 1.19. The molecule has 0 aliphatic carbocycles. The van der Waals surface area contributed by atoms with Gasteiger partial charge in [-0.25, -0.2) is 0 Å². The molecule has 0 saturated heterocycles. The normalized spacial score (nSPS) is 11.6. The van der Waals surface area contributed by atoms with Gasteiger partial charge in [0, 0.05) is 38.1 Å². The van der Waals surface area contributed by atoms with E-state index in [1.54, 1.807) is 0 Å². The molecule has 2 nitrogen and oxygen atoms in total. The quantitative estimate of drug-likeness (QED) is 0.221. The van der Waals surface area contributed by atoms with Crippen molar-refractivity contribution in [3.05, 3.63) is 164 Å². The van der Waals surface area contributed by atoms with E-state index in [0.717, 1.165) is 11.0 Å². The maximum Gasteiger partial charge on any atom is 0.0641 e. The van der Waals surface area contributed by atoms with Crippen molar-refractivity contribution in [3.63, 3.8) is 0 Å². The molecule has 2 heteroatoms. The molecule has 0 fully saturated rings. The Labute approximate surface area is 255 Å². The van der Waals surface area contributed by atoms with Crippen LogP contribution in [0.5, 0.6) is 0 Å². The van der Waals surface area contributed by atoms with Gasteiger partial charge in [-0.2, -0.15) is 0 Å². The summed E-state index contributed by atoms with van der Waals surface area (Å²) >= 11 is 0. The molecule has 0 aliphatic heterocycles. The maximum atomic E-state index is 3.67. The second-order valence-corrected chi connectivity index (χ2v) is 11.5. The Hall–Kier alpha value is -5.86. The predicted octanol–water partition coefficient (Wildman–Crippen LogP) is 11.4. The molecule has 2 heterocycles. The smallest absolute Gasteiger partial charge is 0.0641 e. The molecule has 1 N–H and O–H groups in total. The van der Waals surface area contributed by atoms with Crippen LogP contribution in [0, 0.1) is 0 Å². The number of aromatic amines is 1. The summed E-state index contributed by atoms with van der Waals surface area (Å²) in [5.74, 6) is 0. The first-order chi connectivity index (χ1) is 21.8. The van der Waals surface area contributed by atoms with Crippen molar-refractivity contribution in [1.82, 2.24) is 9.55 Å². The number of nitrogens with zero attached hydrogens (tertiary/aromatic N) is 1. The highest BCUT2D eigenvalue weighted by molar-refractivity contribution is 6.25. The number of aromatic nitrogens is 2. The molecule has 0 spiro atoms. The monoisotopic (exact) mass is 560 g/mol. The highest BCUT2D eigenvalue weighted by Gasteiger charge is 2.19. The molecule has 0 aliphatic rings. The van der Waals surface area contributed by atoms with Gasteiger partial charge >= 0.3 is 0 Å². The van der Waals surface area contributed by atoms with Crippen molar-refractivity contribution in [3.8, 4) is 39.1 Å². The molecule has 7 aromatic carbocycles. The molecule has 9 aromatic rings. The van der Waals surface area contributed by atoms with Crippen molar-refractivity contribution in [1.29, 1.82) is 0 Å². The number of hydrogen-bond donors (Lipinski definition) is 1. The number of rotatable bonds is 4. The summed E-state index contributed by atoms with van der Waals surface area (Å²) in [7, 11) is 0. The molecule has 0 atom stereocenters. The molecule has 206 valence electrons. The summed E-state index contributed by atoms with van der Waals surface area (Å²) < 4.78 is 2.48. The van der Waals surface area contributed by atoms with Crippen LogP contribution >= 0.6 is 0 Å². The second kappa shape index (κ2) is 9.86. The minimum atomic E-state index is 1.15. The zero-order valence-electron chi connectivity index (χ0n) is 24.0. The summed E-state index contributed by atoms with van der Waals surface area (Å²) in [4.78, 5) is 3.67. The van der Waals surface area contributed by atoms with E-state index in [9.17, 15) is 0 Å². The number of hydrogen-bond acceptors (Lipinski definition) is 0. The predicted molar refractivity (Wildman–Crippen MR) is 186 cm³/mol. The van der Waals surface area contributed by atoms with Crippen LogP contribution in [0.2, 0.25) is 0 Å². The van der Waals surface area contributed by atoms with Crippen LogP contribution in [0.25, 0.3) is 82.7 Å². The van der Waals surface area contributed by atoms with Gasteiger partial charge < -0.3 is 9.55 Å². The minimum absolute atomic E-state index is 1.15. The van der Waals surface area contributed by atoms with E-state index in [-0.39, 0.29) is 0 Å². The largest absolute Gasteiger partial charge is 0.354 e. The second-order valence-electron chi connectivity index (χ2n) is 11.5. The third-order valence-electron chi connectivity index (χ3n) is 8.92. The van der Waals surface area contributed by atoms with Gasteiger partial charge in [0.05, 0.1) is 16.7 Å². The highest BCUT2D eigenvalue weighted by Crippen LogP contribution is 2.42. The lowest BCUT2D eigenvalue weighted by Gasteiger charge is -2.15. The average molecular weight is 561 g/mol. The summed E-state index contributed by atoms with van der Waals surface area (Å²) in [5, 5.41) is 5.03. The molecular formula is C42H28N2. The van der Waals surface area contributed by atoms with Crippen LogP contribution in [0.4, 0.5) is 0 Å². The van der Waals surface area contributed by atoms with Gasteiger partial charge in [0.2, 0.25) is 0 Å². The van der Waals surface area contributed by atoms with E-state index in [2.05, 4.69) is 173 Å². The van der Waals surface area contributed by atoms with Gasteiger partial charge in [-0.05, 0) is 64.2 Å². The summed E-state index contributed by atoms with van der Waals surface area (Å²) in [5.41, 5.74) is 13.2. The van der Waals surface area contributed by atoms with E-state index in [1.165, 1.54) is 71.6 Å². The first-order valence-corrected chi connectivity index (χ1v) is 15.1. The van der Waals surface area contributed by atoms with Crippen LogP contribution < -0.4 is 0 Å². The lowest BCUT2D eigenvalue weighted by Crippen LogP contribution is -1.97. The number of benzene rings is 7. The van der Waals surface area contributed by atoms with E-state index in [1.807, 2.05) is 0 Å². The van der Waals surface area contributed by atoms with Gasteiger partial charge in [-0.3, -0.25) is 0 Å². The summed E-state index contributed by atoms with van der Waals surface area (Å²) in [6, 6.07) is 59.1.